The number of aliphatic hydroxyl groups is 1. The van der Waals surface area contributed by atoms with Crippen molar-refractivity contribution in [2.24, 2.45) is 11.8 Å². The van der Waals surface area contributed by atoms with Crippen molar-refractivity contribution in [3.63, 3.8) is 0 Å². The second-order valence-corrected chi connectivity index (χ2v) is 7.97. The van der Waals surface area contributed by atoms with Crippen LogP contribution >= 0.6 is 0 Å². The van der Waals surface area contributed by atoms with Gasteiger partial charge in [-0.05, 0) is 36.6 Å². The summed E-state index contributed by atoms with van der Waals surface area (Å²) in [5, 5.41) is 18.8. The van der Waals surface area contributed by atoms with Crippen LogP contribution in [0.5, 0.6) is 0 Å². The van der Waals surface area contributed by atoms with Crippen LogP contribution < -0.4 is 0 Å². The molecule has 10 heteroatoms. The van der Waals surface area contributed by atoms with Gasteiger partial charge in [0.25, 0.3) is 0 Å². The monoisotopic (exact) mass is 466 g/mol. The van der Waals surface area contributed by atoms with Crippen LogP contribution in [-0.2, 0) is 21.9 Å². The molecule has 0 spiro atoms. The number of rotatable bonds is 9. The summed E-state index contributed by atoms with van der Waals surface area (Å²) in [6.07, 6.45) is -5.88. The van der Waals surface area contributed by atoms with Gasteiger partial charge in [0.05, 0.1) is 17.2 Å². The van der Waals surface area contributed by atoms with E-state index in [1.807, 2.05) is 0 Å². The predicted molar refractivity (Wildman–Crippen MR) is 103 cm³/mol. The maximum Gasteiger partial charge on any atom is 0.416 e. The summed E-state index contributed by atoms with van der Waals surface area (Å²) in [5.74, 6) is -2.41. The molecule has 1 aliphatic rings. The van der Waals surface area contributed by atoms with Gasteiger partial charge >= 0.3 is 18.3 Å². The van der Waals surface area contributed by atoms with E-state index in [1.165, 1.54) is 6.08 Å². The Balaban J connectivity index is 2.13. The van der Waals surface area contributed by atoms with Gasteiger partial charge < -0.3 is 10.2 Å². The first-order chi connectivity index (χ1) is 14.8. The van der Waals surface area contributed by atoms with Crippen LogP contribution in [0.3, 0.4) is 0 Å². The quantitative estimate of drug-likeness (QED) is 0.360. The molecule has 1 aromatic carbocycles. The molecule has 0 bridgehead atoms. The lowest BCUT2D eigenvalue weighted by Gasteiger charge is -2.18. The molecule has 32 heavy (non-hydrogen) atoms. The Hall–Kier alpha value is -2.36. The number of carbonyl (C=O) groups excluding carboxylic acids is 1. The van der Waals surface area contributed by atoms with Crippen LogP contribution in [0.25, 0.3) is 6.08 Å². The van der Waals surface area contributed by atoms with Crippen molar-refractivity contribution in [3.8, 4) is 0 Å². The number of aliphatic hydroxyl groups excluding tert-OH is 1. The highest BCUT2D eigenvalue weighted by Crippen LogP contribution is 2.38. The SMILES string of the molecule is O=C(O)CCCCCCC1C(=O)CC(O)C1C=Cc1cc(C(F)(F)F)cc(C(F)(F)F)c1. The lowest BCUT2D eigenvalue weighted by atomic mass is 9.88. The summed E-state index contributed by atoms with van der Waals surface area (Å²) in [5.41, 5.74) is -3.20. The van der Waals surface area contributed by atoms with Gasteiger partial charge in [-0.2, -0.15) is 26.3 Å². The fourth-order valence-electron chi connectivity index (χ4n) is 3.88. The fraction of sp³-hybridized carbons (Fsp3) is 0.545. The molecule has 0 radical (unpaired) electrons. The molecule has 0 heterocycles. The molecular formula is C22H24F6O4. The molecule has 0 amide bonds. The summed E-state index contributed by atoms with van der Waals surface area (Å²) >= 11 is 0. The van der Waals surface area contributed by atoms with Crippen LogP contribution in [0.1, 0.15) is 61.6 Å². The normalized spacial score (nSPS) is 22.1. The number of hydrogen-bond acceptors (Lipinski definition) is 3. The van der Waals surface area contributed by atoms with Crippen molar-refractivity contribution in [3.05, 3.63) is 41.0 Å². The molecule has 1 saturated carbocycles. The molecule has 1 aliphatic carbocycles. The van der Waals surface area contributed by atoms with Crippen LogP contribution in [-0.4, -0.2) is 28.1 Å². The van der Waals surface area contributed by atoms with Gasteiger partial charge in [0.15, 0.2) is 0 Å². The minimum absolute atomic E-state index is 0.0401. The van der Waals surface area contributed by atoms with Gasteiger partial charge in [-0.25, -0.2) is 0 Å². The van der Waals surface area contributed by atoms with Gasteiger partial charge in [0.2, 0.25) is 0 Å². The number of carboxylic acid groups (broad SMARTS) is 1. The first-order valence-corrected chi connectivity index (χ1v) is 10.2. The number of benzene rings is 1. The number of carbonyl (C=O) groups is 2. The molecule has 1 fully saturated rings. The summed E-state index contributed by atoms with van der Waals surface area (Å²) < 4.78 is 78.1. The van der Waals surface area contributed by atoms with Gasteiger partial charge in [-0.1, -0.05) is 31.4 Å². The smallest absolute Gasteiger partial charge is 0.416 e. The van der Waals surface area contributed by atoms with Crippen LogP contribution in [0.15, 0.2) is 24.3 Å². The summed E-state index contributed by atoms with van der Waals surface area (Å²) in [6.45, 7) is 0. The Kier molecular flexibility index (Phi) is 8.50. The van der Waals surface area contributed by atoms with Crippen molar-refractivity contribution in [2.75, 3.05) is 0 Å². The van der Waals surface area contributed by atoms with Crippen molar-refractivity contribution >= 4 is 17.8 Å². The highest BCUT2D eigenvalue weighted by molar-refractivity contribution is 5.85. The molecule has 4 nitrogen and oxygen atoms in total. The van der Waals surface area contributed by atoms with Crippen LogP contribution in [0.4, 0.5) is 26.3 Å². The number of unbranched alkanes of at least 4 members (excludes halogenated alkanes) is 3. The number of aliphatic carboxylic acids is 1. The van der Waals surface area contributed by atoms with E-state index in [0.29, 0.717) is 44.2 Å². The number of carboxylic acids is 1. The van der Waals surface area contributed by atoms with Gasteiger partial charge in [-0.3, -0.25) is 9.59 Å². The van der Waals surface area contributed by atoms with Crippen LogP contribution in [0.2, 0.25) is 0 Å². The first kappa shape index (κ1) is 25.9. The highest BCUT2D eigenvalue weighted by atomic mass is 19.4. The standard InChI is InChI=1S/C22H24F6O4/c23-21(24,25)14-9-13(10-15(11-14)22(26,27)28)7-8-17-16(18(29)12-19(17)30)5-3-1-2-4-6-20(31)32/h7-11,16-17,19,30H,1-6,12H2,(H,31,32). The molecule has 2 rings (SSSR count). The maximum atomic E-state index is 13.0. The zero-order chi connectivity index (χ0) is 24.1. The Morgan fingerprint density at radius 1 is 0.969 bits per heavy atom. The number of ketones is 1. The summed E-state index contributed by atoms with van der Waals surface area (Å²) in [4.78, 5) is 22.7. The van der Waals surface area contributed by atoms with Crippen molar-refractivity contribution in [1.29, 1.82) is 0 Å². The number of Topliss-reactive ketones (excluding diaryl/α,β-unsaturated/α-hetero) is 1. The minimum atomic E-state index is -4.96. The third kappa shape index (κ3) is 7.36. The number of halogens is 6. The Bertz CT molecular complexity index is 812. The molecule has 0 saturated heterocycles. The largest absolute Gasteiger partial charge is 0.481 e. The van der Waals surface area contributed by atoms with E-state index < -0.39 is 47.4 Å². The van der Waals surface area contributed by atoms with E-state index in [9.17, 15) is 41.0 Å². The van der Waals surface area contributed by atoms with Crippen LogP contribution in [0, 0.1) is 11.8 Å². The summed E-state index contributed by atoms with van der Waals surface area (Å²) in [7, 11) is 0. The van der Waals surface area contributed by atoms with E-state index in [0.717, 1.165) is 6.08 Å². The minimum Gasteiger partial charge on any atom is -0.481 e. The molecule has 2 N–H and O–H groups in total. The van der Waals surface area contributed by atoms with E-state index in [-0.39, 0.29) is 30.3 Å². The average Bonchev–Trinajstić information content (AvgIpc) is 2.93. The molecule has 1 aromatic rings. The van der Waals surface area contributed by atoms with Crippen molar-refractivity contribution in [1.82, 2.24) is 0 Å². The summed E-state index contributed by atoms with van der Waals surface area (Å²) in [6, 6.07) is 1.22. The Morgan fingerprint density at radius 3 is 2.06 bits per heavy atom. The molecule has 0 aromatic heterocycles. The average molecular weight is 466 g/mol. The fourth-order valence-corrected chi connectivity index (χ4v) is 3.88. The lowest BCUT2D eigenvalue weighted by Crippen LogP contribution is -2.18. The Labute approximate surface area is 180 Å². The van der Waals surface area contributed by atoms with Crippen molar-refractivity contribution < 1.29 is 46.1 Å². The number of hydrogen-bond donors (Lipinski definition) is 2. The third-order valence-electron chi connectivity index (χ3n) is 5.51. The molecular weight excluding hydrogens is 442 g/mol. The number of alkyl halides is 6. The topological polar surface area (TPSA) is 74.6 Å². The van der Waals surface area contributed by atoms with E-state index >= 15 is 0 Å². The van der Waals surface area contributed by atoms with E-state index in [4.69, 9.17) is 5.11 Å². The van der Waals surface area contributed by atoms with Gasteiger partial charge in [0, 0.05) is 24.7 Å². The van der Waals surface area contributed by atoms with E-state index in [2.05, 4.69) is 0 Å². The molecule has 3 atom stereocenters. The Morgan fingerprint density at radius 2 is 1.53 bits per heavy atom. The molecule has 0 aliphatic heterocycles. The second kappa shape index (κ2) is 10.5. The second-order valence-electron chi connectivity index (χ2n) is 7.97. The van der Waals surface area contributed by atoms with Gasteiger partial charge in [0.1, 0.15) is 5.78 Å². The lowest BCUT2D eigenvalue weighted by molar-refractivity contribution is -0.143. The maximum absolute atomic E-state index is 13.0. The van der Waals surface area contributed by atoms with Gasteiger partial charge in [-0.15, -0.1) is 0 Å². The molecule has 178 valence electrons. The van der Waals surface area contributed by atoms with E-state index in [1.54, 1.807) is 0 Å². The first-order valence-electron chi connectivity index (χ1n) is 10.2. The molecule has 3 unspecified atom stereocenters. The predicted octanol–water partition coefficient (Wildman–Crippen LogP) is 5.73. The highest BCUT2D eigenvalue weighted by Gasteiger charge is 2.40. The zero-order valence-corrected chi connectivity index (χ0v) is 17.0. The zero-order valence-electron chi connectivity index (χ0n) is 17.0. The third-order valence-corrected chi connectivity index (χ3v) is 5.51. The van der Waals surface area contributed by atoms with Crippen molar-refractivity contribution in [2.45, 2.75) is 63.4 Å².